The third kappa shape index (κ3) is 3.96. The monoisotopic (exact) mass is 452 g/mol. The number of hydrogen-bond acceptors (Lipinski definition) is 8. The van der Waals surface area contributed by atoms with Crippen molar-refractivity contribution in [2.45, 2.75) is 17.7 Å². The van der Waals surface area contributed by atoms with Crippen LogP contribution < -0.4 is 0 Å². The molecule has 0 saturated carbocycles. The molecular weight excluding hydrogens is 436 g/mol. The quantitative estimate of drug-likeness (QED) is 0.370. The van der Waals surface area contributed by atoms with Crippen LogP contribution in [0.25, 0.3) is 11.5 Å². The number of thiophene rings is 2. The van der Waals surface area contributed by atoms with Gasteiger partial charge in [0.05, 0.1) is 22.4 Å². The summed E-state index contributed by atoms with van der Waals surface area (Å²) in [7, 11) is 0. The van der Waals surface area contributed by atoms with Crippen molar-refractivity contribution in [2.24, 2.45) is 5.10 Å². The predicted octanol–water partition coefficient (Wildman–Crippen LogP) is 5.33. The van der Waals surface area contributed by atoms with Gasteiger partial charge in [0, 0.05) is 16.9 Å². The van der Waals surface area contributed by atoms with E-state index in [1.165, 1.54) is 11.8 Å². The van der Waals surface area contributed by atoms with Gasteiger partial charge in [-0.05, 0) is 35.0 Å². The van der Waals surface area contributed by atoms with E-state index in [1.807, 2.05) is 59.3 Å². The van der Waals surface area contributed by atoms with Crippen LogP contribution in [-0.2, 0) is 4.79 Å². The molecule has 1 aromatic carbocycles. The van der Waals surface area contributed by atoms with Crippen molar-refractivity contribution in [3.63, 3.8) is 0 Å². The summed E-state index contributed by atoms with van der Waals surface area (Å²) in [5.74, 6) is 0.546. The van der Waals surface area contributed by atoms with Crippen LogP contribution in [0.1, 0.15) is 22.2 Å². The first-order chi connectivity index (χ1) is 14.8. The first-order valence-electron chi connectivity index (χ1n) is 9.26. The molecule has 0 radical (unpaired) electrons. The highest BCUT2D eigenvalue weighted by Gasteiger charge is 2.34. The summed E-state index contributed by atoms with van der Waals surface area (Å²) < 4.78 is 5.70. The normalized spacial score (nSPS) is 16.1. The van der Waals surface area contributed by atoms with E-state index < -0.39 is 0 Å². The molecule has 1 aliphatic heterocycles. The summed E-state index contributed by atoms with van der Waals surface area (Å²) >= 11 is 4.52. The molecule has 0 bridgehead atoms. The molecule has 0 fully saturated rings. The fourth-order valence-corrected chi connectivity index (χ4v) is 5.34. The van der Waals surface area contributed by atoms with Crippen molar-refractivity contribution in [1.29, 1.82) is 0 Å². The standard InChI is InChI=1S/C21H16N4O2S3/c26-19(13-30-21-23-22-20(27-21)14-6-2-1-3-7-14)25-16(18-9-5-11-29-18)12-15(24-25)17-8-4-10-28-17/h1-11,16H,12-13H2/t16-/m1/s1. The van der Waals surface area contributed by atoms with Crippen LogP contribution in [0.4, 0.5) is 0 Å². The number of carbonyl (C=O) groups is 1. The minimum atomic E-state index is -0.0792. The minimum Gasteiger partial charge on any atom is -0.411 e. The Morgan fingerprint density at radius 2 is 1.90 bits per heavy atom. The zero-order valence-corrected chi connectivity index (χ0v) is 18.1. The lowest BCUT2D eigenvalue weighted by molar-refractivity contribution is -0.130. The van der Waals surface area contributed by atoms with Crippen LogP contribution in [0.2, 0.25) is 0 Å². The third-order valence-electron chi connectivity index (χ3n) is 4.59. The second kappa shape index (κ2) is 8.55. The number of hydrazone groups is 1. The molecule has 1 aliphatic rings. The van der Waals surface area contributed by atoms with Gasteiger partial charge in [-0.25, -0.2) is 5.01 Å². The van der Waals surface area contributed by atoms with Gasteiger partial charge >= 0.3 is 0 Å². The van der Waals surface area contributed by atoms with E-state index in [1.54, 1.807) is 27.7 Å². The molecular formula is C21H16N4O2S3. The lowest BCUT2D eigenvalue weighted by Gasteiger charge is -2.20. The van der Waals surface area contributed by atoms with Crippen LogP contribution in [0.5, 0.6) is 0 Å². The number of hydrogen-bond donors (Lipinski definition) is 0. The number of amides is 1. The van der Waals surface area contributed by atoms with Gasteiger partial charge in [-0.15, -0.1) is 32.9 Å². The molecule has 0 spiro atoms. The summed E-state index contributed by atoms with van der Waals surface area (Å²) in [5, 5.41) is 18.8. The Labute approximate surface area is 185 Å². The lowest BCUT2D eigenvalue weighted by Crippen LogP contribution is -2.28. The number of rotatable bonds is 6. The Kier molecular flexibility index (Phi) is 5.48. The molecule has 5 rings (SSSR count). The fourth-order valence-electron chi connectivity index (χ4n) is 3.19. The van der Waals surface area contributed by atoms with E-state index in [-0.39, 0.29) is 17.7 Å². The third-order valence-corrected chi connectivity index (χ3v) is 7.29. The van der Waals surface area contributed by atoms with Gasteiger partial charge in [-0.2, -0.15) is 5.10 Å². The van der Waals surface area contributed by atoms with E-state index in [2.05, 4.69) is 21.4 Å². The van der Waals surface area contributed by atoms with Crippen molar-refractivity contribution in [1.82, 2.24) is 15.2 Å². The van der Waals surface area contributed by atoms with Crippen molar-refractivity contribution in [3.05, 3.63) is 75.1 Å². The molecule has 9 heteroatoms. The van der Waals surface area contributed by atoms with Gasteiger partial charge in [-0.3, -0.25) is 4.79 Å². The van der Waals surface area contributed by atoms with Crippen LogP contribution >= 0.6 is 34.4 Å². The zero-order valence-electron chi connectivity index (χ0n) is 15.7. The van der Waals surface area contributed by atoms with E-state index in [0.717, 1.165) is 27.5 Å². The number of thioether (sulfide) groups is 1. The van der Waals surface area contributed by atoms with Crippen molar-refractivity contribution in [3.8, 4) is 11.5 Å². The SMILES string of the molecule is O=C(CSc1nnc(-c2ccccc2)o1)N1N=C(c2cccs2)C[C@@H]1c1cccs1. The fraction of sp³-hybridized carbons (Fsp3) is 0.143. The average Bonchev–Trinajstić information content (AvgIpc) is 3.57. The molecule has 0 unspecified atom stereocenters. The molecule has 1 amide bonds. The van der Waals surface area contributed by atoms with E-state index >= 15 is 0 Å². The first kappa shape index (κ1) is 19.2. The topological polar surface area (TPSA) is 71.6 Å². The molecule has 150 valence electrons. The molecule has 30 heavy (non-hydrogen) atoms. The van der Waals surface area contributed by atoms with Gasteiger partial charge in [0.25, 0.3) is 11.1 Å². The molecule has 0 aliphatic carbocycles. The van der Waals surface area contributed by atoms with Gasteiger partial charge < -0.3 is 4.42 Å². The summed E-state index contributed by atoms with van der Waals surface area (Å²) in [4.78, 5) is 15.3. The number of aromatic nitrogens is 2. The number of nitrogens with zero attached hydrogens (tertiary/aromatic N) is 4. The highest BCUT2D eigenvalue weighted by Crippen LogP contribution is 2.36. The van der Waals surface area contributed by atoms with E-state index in [4.69, 9.17) is 4.42 Å². The van der Waals surface area contributed by atoms with Crippen molar-refractivity contribution >= 4 is 46.1 Å². The molecule has 1 atom stereocenters. The van der Waals surface area contributed by atoms with Crippen LogP contribution in [0.3, 0.4) is 0 Å². The number of carbonyl (C=O) groups excluding carboxylic acids is 1. The van der Waals surface area contributed by atoms with Crippen LogP contribution in [0, 0.1) is 0 Å². The maximum atomic E-state index is 13.0. The smallest absolute Gasteiger partial charge is 0.277 e. The maximum Gasteiger partial charge on any atom is 0.277 e. The first-order valence-corrected chi connectivity index (χ1v) is 12.0. The Balaban J connectivity index is 1.31. The predicted molar refractivity (Wildman–Crippen MR) is 120 cm³/mol. The minimum absolute atomic E-state index is 0.0715. The molecule has 0 N–H and O–H groups in total. The van der Waals surface area contributed by atoms with Crippen molar-refractivity contribution < 1.29 is 9.21 Å². The Morgan fingerprint density at radius 3 is 2.67 bits per heavy atom. The summed E-state index contributed by atoms with van der Waals surface area (Å²) in [6.07, 6.45) is 0.718. The Morgan fingerprint density at radius 1 is 1.07 bits per heavy atom. The lowest BCUT2D eigenvalue weighted by atomic mass is 10.1. The summed E-state index contributed by atoms with van der Waals surface area (Å²) in [5.41, 5.74) is 1.80. The molecule has 4 aromatic rings. The maximum absolute atomic E-state index is 13.0. The molecule has 0 saturated heterocycles. The van der Waals surface area contributed by atoms with Gasteiger partial charge in [0.2, 0.25) is 5.89 Å². The Hall–Kier alpha value is -2.75. The molecule has 3 aromatic heterocycles. The van der Waals surface area contributed by atoms with Crippen molar-refractivity contribution in [2.75, 3.05) is 5.75 Å². The number of benzene rings is 1. The largest absolute Gasteiger partial charge is 0.411 e. The van der Waals surface area contributed by atoms with E-state index in [0.29, 0.717) is 11.1 Å². The highest BCUT2D eigenvalue weighted by molar-refractivity contribution is 7.99. The highest BCUT2D eigenvalue weighted by atomic mass is 32.2. The summed E-state index contributed by atoms with van der Waals surface area (Å²) in [6.45, 7) is 0. The second-order valence-electron chi connectivity index (χ2n) is 6.53. The van der Waals surface area contributed by atoms with Gasteiger partial charge in [0.15, 0.2) is 0 Å². The average molecular weight is 453 g/mol. The Bertz CT molecular complexity index is 1150. The van der Waals surface area contributed by atoms with Crippen LogP contribution in [0.15, 0.2) is 80.1 Å². The van der Waals surface area contributed by atoms with E-state index in [9.17, 15) is 4.79 Å². The molecule has 4 heterocycles. The second-order valence-corrected chi connectivity index (χ2v) is 9.38. The zero-order chi connectivity index (χ0) is 20.3. The molecule has 6 nitrogen and oxygen atoms in total. The summed E-state index contributed by atoms with van der Waals surface area (Å²) in [6, 6.07) is 17.6. The van der Waals surface area contributed by atoms with Crippen LogP contribution in [-0.4, -0.2) is 32.6 Å². The van der Waals surface area contributed by atoms with Gasteiger partial charge in [0.1, 0.15) is 0 Å². The van der Waals surface area contributed by atoms with Gasteiger partial charge in [-0.1, -0.05) is 42.1 Å².